The highest BCUT2D eigenvalue weighted by Gasteiger charge is 2.03. The number of nitrogens with two attached hydrogens (primary N) is 1. The largest absolute Gasteiger partial charge is 0.330 e. The van der Waals surface area contributed by atoms with Crippen molar-refractivity contribution < 1.29 is 4.39 Å². The Morgan fingerprint density at radius 2 is 1.47 bits per heavy atom. The summed E-state index contributed by atoms with van der Waals surface area (Å²) in [5, 5.41) is 0. The second kappa shape index (κ2) is 6.48. The van der Waals surface area contributed by atoms with Gasteiger partial charge >= 0.3 is 0 Å². The summed E-state index contributed by atoms with van der Waals surface area (Å²) in [6, 6.07) is 15.1. The molecule has 0 saturated heterocycles. The molecule has 0 aliphatic rings. The van der Waals surface area contributed by atoms with Gasteiger partial charge < -0.3 is 5.73 Å². The van der Waals surface area contributed by atoms with Crippen LogP contribution in [0.4, 0.5) is 4.39 Å². The summed E-state index contributed by atoms with van der Waals surface area (Å²) in [5.74, 6) is 0.414. The number of benzene rings is 2. The molecule has 0 aliphatic heterocycles. The van der Waals surface area contributed by atoms with Crippen LogP contribution in [0.25, 0.3) is 11.1 Å². The van der Waals surface area contributed by atoms with E-state index >= 15 is 0 Å². The molecule has 0 aliphatic carbocycles. The maximum atomic E-state index is 12.9. The van der Waals surface area contributed by atoms with Crippen LogP contribution in [-0.2, 0) is 6.42 Å². The Bertz CT molecular complexity index is 502. The molecule has 2 aromatic rings. The maximum absolute atomic E-state index is 12.9. The van der Waals surface area contributed by atoms with E-state index in [2.05, 4.69) is 31.2 Å². The summed E-state index contributed by atoms with van der Waals surface area (Å²) in [6.45, 7) is 2.97. The molecule has 100 valence electrons. The molecular formula is C17H20FN. The van der Waals surface area contributed by atoms with E-state index in [0.717, 1.165) is 30.5 Å². The lowest BCUT2D eigenvalue weighted by Gasteiger charge is -2.10. The smallest absolute Gasteiger partial charge is 0.123 e. The topological polar surface area (TPSA) is 26.0 Å². The lowest BCUT2D eigenvalue weighted by molar-refractivity contribution is 0.538. The Balaban J connectivity index is 2.08. The van der Waals surface area contributed by atoms with Crippen molar-refractivity contribution in [1.82, 2.24) is 0 Å². The van der Waals surface area contributed by atoms with Crippen LogP contribution in [0.5, 0.6) is 0 Å². The van der Waals surface area contributed by atoms with Gasteiger partial charge in [-0.3, -0.25) is 0 Å². The van der Waals surface area contributed by atoms with Crippen molar-refractivity contribution in [2.45, 2.75) is 19.8 Å². The highest BCUT2D eigenvalue weighted by atomic mass is 19.1. The van der Waals surface area contributed by atoms with Crippen LogP contribution in [-0.4, -0.2) is 6.54 Å². The quantitative estimate of drug-likeness (QED) is 0.860. The molecule has 1 atom stereocenters. The van der Waals surface area contributed by atoms with Crippen molar-refractivity contribution in [3.05, 3.63) is 59.9 Å². The SMILES string of the molecule is CC(CCN)Cc1ccc(-c2ccc(F)cc2)cc1. The first-order valence-electron chi connectivity index (χ1n) is 6.74. The molecule has 0 radical (unpaired) electrons. The summed E-state index contributed by atoms with van der Waals surface area (Å²) in [7, 11) is 0. The third kappa shape index (κ3) is 3.90. The minimum absolute atomic E-state index is 0.198. The molecule has 2 heteroatoms. The zero-order valence-electron chi connectivity index (χ0n) is 11.3. The molecule has 1 nitrogen and oxygen atoms in total. The predicted octanol–water partition coefficient (Wildman–Crippen LogP) is 4.02. The van der Waals surface area contributed by atoms with Crippen LogP contribution in [0.3, 0.4) is 0 Å². The van der Waals surface area contributed by atoms with Crippen molar-refractivity contribution in [2.24, 2.45) is 11.7 Å². The first kappa shape index (κ1) is 13.8. The molecule has 0 amide bonds. The summed E-state index contributed by atoms with van der Waals surface area (Å²) in [4.78, 5) is 0. The fraction of sp³-hybridized carbons (Fsp3) is 0.294. The Morgan fingerprint density at radius 1 is 0.947 bits per heavy atom. The standard InChI is InChI=1S/C17H20FN/c1-13(10-11-19)12-14-2-4-15(5-3-14)16-6-8-17(18)9-7-16/h2-9,13H,10-12,19H2,1H3. The fourth-order valence-corrected chi connectivity index (χ4v) is 2.26. The molecule has 1 unspecified atom stereocenters. The minimum Gasteiger partial charge on any atom is -0.330 e. The highest BCUT2D eigenvalue weighted by molar-refractivity contribution is 5.63. The van der Waals surface area contributed by atoms with E-state index in [1.165, 1.54) is 17.7 Å². The van der Waals surface area contributed by atoms with Gasteiger partial charge in [0, 0.05) is 0 Å². The lowest BCUT2D eigenvalue weighted by Crippen LogP contribution is -2.07. The van der Waals surface area contributed by atoms with Crippen LogP contribution in [0.15, 0.2) is 48.5 Å². The minimum atomic E-state index is -0.198. The number of halogens is 1. The van der Waals surface area contributed by atoms with Gasteiger partial charge in [0.25, 0.3) is 0 Å². The van der Waals surface area contributed by atoms with Crippen molar-refractivity contribution in [1.29, 1.82) is 0 Å². The third-order valence-electron chi connectivity index (χ3n) is 3.38. The molecule has 0 heterocycles. The average Bonchev–Trinajstić information content (AvgIpc) is 2.41. The summed E-state index contributed by atoms with van der Waals surface area (Å²) in [5.41, 5.74) is 9.06. The summed E-state index contributed by atoms with van der Waals surface area (Å²) < 4.78 is 12.9. The summed E-state index contributed by atoms with van der Waals surface area (Å²) >= 11 is 0. The molecule has 2 aromatic carbocycles. The van der Waals surface area contributed by atoms with Crippen molar-refractivity contribution >= 4 is 0 Å². The summed E-state index contributed by atoms with van der Waals surface area (Å²) in [6.07, 6.45) is 2.11. The molecule has 2 N–H and O–H groups in total. The molecule has 0 saturated carbocycles. The van der Waals surface area contributed by atoms with Gasteiger partial charge in [-0.2, -0.15) is 0 Å². The maximum Gasteiger partial charge on any atom is 0.123 e. The van der Waals surface area contributed by atoms with Crippen LogP contribution in [0.2, 0.25) is 0 Å². The molecule has 0 spiro atoms. The van der Waals surface area contributed by atoms with Crippen molar-refractivity contribution in [2.75, 3.05) is 6.54 Å². The lowest BCUT2D eigenvalue weighted by atomic mass is 9.96. The first-order chi connectivity index (χ1) is 9.19. The normalized spacial score (nSPS) is 12.4. The van der Waals surface area contributed by atoms with E-state index in [1.54, 1.807) is 12.1 Å². The highest BCUT2D eigenvalue weighted by Crippen LogP contribution is 2.21. The van der Waals surface area contributed by atoms with Gasteiger partial charge in [0.2, 0.25) is 0 Å². The Morgan fingerprint density at radius 3 is 2.00 bits per heavy atom. The van der Waals surface area contributed by atoms with Crippen LogP contribution in [0, 0.1) is 11.7 Å². The second-order valence-corrected chi connectivity index (χ2v) is 5.09. The monoisotopic (exact) mass is 257 g/mol. The van der Waals surface area contributed by atoms with Gasteiger partial charge in [-0.1, -0.05) is 43.3 Å². The molecule has 0 aromatic heterocycles. The van der Waals surface area contributed by atoms with E-state index in [4.69, 9.17) is 5.73 Å². The van der Waals surface area contributed by atoms with E-state index in [9.17, 15) is 4.39 Å². The van der Waals surface area contributed by atoms with Crippen LogP contribution >= 0.6 is 0 Å². The molecule has 2 rings (SSSR count). The van der Waals surface area contributed by atoms with Crippen molar-refractivity contribution in [3.8, 4) is 11.1 Å². The zero-order valence-corrected chi connectivity index (χ0v) is 11.3. The van der Waals surface area contributed by atoms with Gasteiger partial charge in [0.05, 0.1) is 0 Å². The van der Waals surface area contributed by atoms with Gasteiger partial charge in [-0.25, -0.2) is 4.39 Å². The van der Waals surface area contributed by atoms with E-state index in [0.29, 0.717) is 5.92 Å². The van der Waals surface area contributed by atoms with Crippen LogP contribution < -0.4 is 5.73 Å². The Labute approximate surface area is 114 Å². The average molecular weight is 257 g/mol. The van der Waals surface area contributed by atoms with E-state index in [-0.39, 0.29) is 5.82 Å². The first-order valence-corrected chi connectivity index (χ1v) is 6.74. The molecule has 0 bridgehead atoms. The third-order valence-corrected chi connectivity index (χ3v) is 3.38. The predicted molar refractivity (Wildman–Crippen MR) is 78.4 cm³/mol. The molecular weight excluding hydrogens is 237 g/mol. The van der Waals surface area contributed by atoms with Gasteiger partial charge in [0.15, 0.2) is 0 Å². The van der Waals surface area contributed by atoms with Gasteiger partial charge in [-0.15, -0.1) is 0 Å². The Hall–Kier alpha value is -1.67. The molecule has 19 heavy (non-hydrogen) atoms. The van der Waals surface area contributed by atoms with Gasteiger partial charge in [0.1, 0.15) is 5.82 Å². The second-order valence-electron chi connectivity index (χ2n) is 5.09. The van der Waals surface area contributed by atoms with E-state index in [1.807, 2.05) is 0 Å². The number of rotatable bonds is 5. The van der Waals surface area contributed by atoms with Crippen LogP contribution in [0.1, 0.15) is 18.9 Å². The van der Waals surface area contributed by atoms with Crippen molar-refractivity contribution in [3.63, 3.8) is 0 Å². The fourth-order valence-electron chi connectivity index (χ4n) is 2.26. The van der Waals surface area contributed by atoms with Gasteiger partial charge in [-0.05, 0) is 54.1 Å². The Kier molecular flexibility index (Phi) is 4.69. The molecule has 0 fully saturated rings. The van der Waals surface area contributed by atoms with E-state index < -0.39 is 0 Å². The zero-order chi connectivity index (χ0) is 13.7. The number of hydrogen-bond acceptors (Lipinski definition) is 1. The number of hydrogen-bond donors (Lipinski definition) is 1.